The molecule has 0 heterocycles. The van der Waals surface area contributed by atoms with E-state index in [4.69, 9.17) is 23.2 Å². The van der Waals surface area contributed by atoms with E-state index < -0.39 is 10.0 Å². The van der Waals surface area contributed by atoms with E-state index in [1.807, 2.05) is 24.3 Å². The minimum Gasteiger partial charge on any atom is -0.261 e. The molecule has 0 unspecified atom stereocenters. The van der Waals surface area contributed by atoms with Crippen molar-refractivity contribution in [3.63, 3.8) is 0 Å². The first-order valence-electron chi connectivity index (χ1n) is 7.51. The number of anilines is 1. The lowest BCUT2D eigenvalue weighted by Crippen LogP contribution is -2.31. The average molecular weight is 392 g/mol. The van der Waals surface area contributed by atoms with Gasteiger partial charge in [0, 0.05) is 5.02 Å². The molecule has 0 spiro atoms. The van der Waals surface area contributed by atoms with Gasteiger partial charge >= 0.3 is 0 Å². The van der Waals surface area contributed by atoms with Crippen molar-refractivity contribution in [1.82, 2.24) is 0 Å². The van der Waals surface area contributed by atoms with E-state index in [1.165, 1.54) is 16.4 Å². The third kappa shape index (κ3) is 3.52. The Morgan fingerprint density at radius 1 is 0.960 bits per heavy atom. The Morgan fingerprint density at radius 3 is 2.40 bits per heavy atom. The van der Waals surface area contributed by atoms with Crippen LogP contribution in [0.3, 0.4) is 0 Å². The lowest BCUT2D eigenvalue weighted by atomic mass is 10.1. The van der Waals surface area contributed by atoms with E-state index >= 15 is 0 Å². The summed E-state index contributed by atoms with van der Waals surface area (Å²) < 4.78 is 27.6. The van der Waals surface area contributed by atoms with Gasteiger partial charge in [0.2, 0.25) is 0 Å². The largest absolute Gasteiger partial charge is 0.264 e. The van der Waals surface area contributed by atoms with Gasteiger partial charge in [-0.1, -0.05) is 59.6 Å². The summed E-state index contributed by atoms with van der Waals surface area (Å²) >= 11 is 12.2. The first kappa shape index (κ1) is 17.8. The molecule has 3 nitrogen and oxygen atoms in total. The lowest BCUT2D eigenvalue weighted by molar-refractivity contribution is 0.593. The monoisotopic (exact) mass is 391 g/mol. The van der Waals surface area contributed by atoms with Crippen molar-refractivity contribution in [2.45, 2.75) is 4.90 Å². The Bertz CT molecular complexity index is 1050. The summed E-state index contributed by atoms with van der Waals surface area (Å²) in [5, 5.41) is 2.52. The lowest BCUT2D eigenvalue weighted by Gasteiger charge is -2.24. The molecular formula is C19H15Cl2NO2S. The number of fused-ring (bicyclic) bond motifs is 1. The standard InChI is InChI=1S/C19H15Cl2NO2S/c1-2-11-22(19-13-16(20)8-10-18(19)21)25(23,24)17-9-7-14-5-3-4-6-15(14)12-17/h2-10,12-13H,1,11H2. The van der Waals surface area contributed by atoms with E-state index in [-0.39, 0.29) is 11.4 Å². The number of sulfonamides is 1. The van der Waals surface area contributed by atoms with Crippen LogP contribution in [0.5, 0.6) is 0 Å². The molecule has 0 bridgehead atoms. The zero-order valence-corrected chi connectivity index (χ0v) is 15.5. The Hall–Kier alpha value is -2.01. The SMILES string of the molecule is C=CCN(c1cc(Cl)ccc1Cl)S(=O)(=O)c1ccc2ccccc2c1. The van der Waals surface area contributed by atoms with Crippen molar-refractivity contribution >= 4 is 49.7 Å². The van der Waals surface area contributed by atoms with Gasteiger partial charge in [0.25, 0.3) is 10.0 Å². The van der Waals surface area contributed by atoms with Gasteiger partial charge < -0.3 is 0 Å². The summed E-state index contributed by atoms with van der Waals surface area (Å²) in [6.45, 7) is 3.73. The highest BCUT2D eigenvalue weighted by Gasteiger charge is 2.26. The van der Waals surface area contributed by atoms with Gasteiger partial charge in [-0.25, -0.2) is 8.42 Å². The van der Waals surface area contributed by atoms with Crippen LogP contribution >= 0.6 is 23.2 Å². The predicted molar refractivity (Wildman–Crippen MR) is 105 cm³/mol. The fourth-order valence-electron chi connectivity index (χ4n) is 2.58. The van der Waals surface area contributed by atoms with E-state index in [1.54, 1.807) is 30.3 Å². The van der Waals surface area contributed by atoms with Crippen LogP contribution < -0.4 is 4.31 Å². The molecule has 0 aliphatic carbocycles. The third-order valence-corrected chi connectivity index (χ3v) is 6.11. The average Bonchev–Trinajstić information content (AvgIpc) is 2.61. The minimum absolute atomic E-state index is 0.0786. The molecule has 128 valence electrons. The highest BCUT2D eigenvalue weighted by Crippen LogP contribution is 2.33. The van der Waals surface area contributed by atoms with Crippen LogP contribution in [0, 0.1) is 0 Å². The fraction of sp³-hybridized carbons (Fsp3) is 0.0526. The van der Waals surface area contributed by atoms with Gasteiger partial charge in [-0.3, -0.25) is 4.31 Å². The highest BCUT2D eigenvalue weighted by atomic mass is 35.5. The van der Waals surface area contributed by atoms with Gasteiger partial charge in [0.15, 0.2) is 0 Å². The number of nitrogens with zero attached hydrogens (tertiary/aromatic N) is 1. The summed E-state index contributed by atoms with van der Waals surface area (Å²) in [5.74, 6) is 0. The van der Waals surface area contributed by atoms with Crippen molar-refractivity contribution < 1.29 is 8.42 Å². The molecule has 0 atom stereocenters. The van der Waals surface area contributed by atoms with E-state index in [0.29, 0.717) is 15.7 Å². The van der Waals surface area contributed by atoms with Crippen molar-refractivity contribution in [2.75, 3.05) is 10.8 Å². The second-order valence-corrected chi connectivity index (χ2v) is 8.14. The summed E-state index contributed by atoms with van der Waals surface area (Å²) in [7, 11) is -3.83. The normalized spacial score (nSPS) is 11.4. The van der Waals surface area contributed by atoms with Crippen LogP contribution in [0.1, 0.15) is 0 Å². The highest BCUT2D eigenvalue weighted by molar-refractivity contribution is 7.92. The molecule has 0 aliphatic heterocycles. The van der Waals surface area contributed by atoms with Gasteiger partial charge in [0.05, 0.1) is 22.2 Å². The maximum atomic E-state index is 13.2. The Balaban J connectivity index is 2.16. The molecule has 6 heteroatoms. The summed E-state index contributed by atoms with van der Waals surface area (Å²) in [4.78, 5) is 0.184. The molecule has 0 amide bonds. The van der Waals surface area contributed by atoms with Gasteiger partial charge in [-0.15, -0.1) is 6.58 Å². The maximum Gasteiger partial charge on any atom is 0.264 e. The van der Waals surface area contributed by atoms with Gasteiger partial charge in [-0.2, -0.15) is 0 Å². The van der Waals surface area contributed by atoms with Crippen LogP contribution in [-0.4, -0.2) is 15.0 Å². The zero-order valence-electron chi connectivity index (χ0n) is 13.2. The fourth-order valence-corrected chi connectivity index (χ4v) is 4.49. The van der Waals surface area contributed by atoms with Crippen molar-refractivity contribution in [3.8, 4) is 0 Å². The van der Waals surface area contributed by atoms with Gasteiger partial charge in [-0.05, 0) is 41.1 Å². The quantitative estimate of drug-likeness (QED) is 0.536. The second-order valence-electron chi connectivity index (χ2n) is 5.43. The molecular weight excluding hydrogens is 377 g/mol. The molecule has 0 radical (unpaired) electrons. The van der Waals surface area contributed by atoms with Crippen LogP contribution in [0.15, 0.2) is 78.2 Å². The smallest absolute Gasteiger partial charge is 0.261 e. The maximum absolute atomic E-state index is 13.2. The molecule has 0 aromatic heterocycles. The van der Waals surface area contributed by atoms with Crippen molar-refractivity contribution in [2.24, 2.45) is 0 Å². The zero-order chi connectivity index (χ0) is 18.0. The molecule has 0 saturated carbocycles. The first-order chi connectivity index (χ1) is 11.9. The topological polar surface area (TPSA) is 37.4 Å². The van der Waals surface area contributed by atoms with Crippen LogP contribution in [0.25, 0.3) is 10.8 Å². The summed E-state index contributed by atoms with van der Waals surface area (Å²) in [5.41, 5.74) is 0.322. The van der Waals surface area contributed by atoms with Crippen LogP contribution in [0.2, 0.25) is 10.0 Å². The molecule has 3 aromatic rings. The Labute approximate surface area is 157 Å². The summed E-state index contributed by atoms with van der Waals surface area (Å²) in [6, 6.07) is 17.3. The number of halogens is 2. The molecule has 25 heavy (non-hydrogen) atoms. The predicted octanol–water partition coefficient (Wildman–Crippen LogP) is 5.53. The number of hydrogen-bond donors (Lipinski definition) is 0. The molecule has 0 fully saturated rings. The second kappa shape index (κ2) is 7.08. The Morgan fingerprint density at radius 2 is 1.68 bits per heavy atom. The van der Waals surface area contributed by atoms with Crippen molar-refractivity contribution in [1.29, 1.82) is 0 Å². The molecule has 0 aliphatic rings. The number of benzene rings is 3. The third-order valence-electron chi connectivity index (χ3n) is 3.78. The molecule has 0 saturated heterocycles. The molecule has 3 rings (SSSR count). The van der Waals surface area contributed by atoms with Crippen LogP contribution in [-0.2, 0) is 10.0 Å². The van der Waals surface area contributed by atoms with Gasteiger partial charge in [0.1, 0.15) is 0 Å². The summed E-state index contributed by atoms with van der Waals surface area (Å²) in [6.07, 6.45) is 1.51. The van der Waals surface area contributed by atoms with E-state index in [2.05, 4.69) is 6.58 Å². The van der Waals surface area contributed by atoms with E-state index in [0.717, 1.165) is 10.8 Å². The number of hydrogen-bond acceptors (Lipinski definition) is 2. The molecule has 3 aromatic carbocycles. The van der Waals surface area contributed by atoms with Crippen LogP contribution in [0.4, 0.5) is 5.69 Å². The van der Waals surface area contributed by atoms with Crippen molar-refractivity contribution in [3.05, 3.63) is 83.4 Å². The van der Waals surface area contributed by atoms with E-state index in [9.17, 15) is 8.42 Å². The molecule has 0 N–H and O–H groups in total. The first-order valence-corrected chi connectivity index (χ1v) is 9.70. The Kier molecular flexibility index (Phi) is 5.04. The minimum atomic E-state index is -3.83. The number of rotatable bonds is 5.